The van der Waals surface area contributed by atoms with Gasteiger partial charge in [0.2, 0.25) is 10.0 Å². The lowest BCUT2D eigenvalue weighted by Crippen LogP contribution is -2.49. The van der Waals surface area contributed by atoms with Gasteiger partial charge in [0, 0.05) is 19.1 Å². The quantitative estimate of drug-likeness (QED) is 0.925. The van der Waals surface area contributed by atoms with E-state index >= 15 is 0 Å². The van der Waals surface area contributed by atoms with Crippen LogP contribution in [0.4, 0.5) is 4.39 Å². The number of aryl methyl sites for hydroxylation is 1. The van der Waals surface area contributed by atoms with Crippen molar-refractivity contribution in [2.75, 3.05) is 20.1 Å². The second kappa shape index (κ2) is 5.79. The van der Waals surface area contributed by atoms with Crippen molar-refractivity contribution in [2.45, 2.75) is 31.2 Å². The van der Waals surface area contributed by atoms with Crippen LogP contribution in [-0.4, -0.2) is 38.9 Å². The minimum atomic E-state index is -3.54. The lowest BCUT2D eigenvalue weighted by molar-refractivity contribution is 0.228. The molecule has 0 saturated carbocycles. The molecule has 2 atom stereocenters. The highest BCUT2D eigenvalue weighted by atomic mass is 32.2. The number of hydrogen-bond acceptors (Lipinski definition) is 3. The summed E-state index contributed by atoms with van der Waals surface area (Å²) >= 11 is 0. The van der Waals surface area contributed by atoms with E-state index in [1.807, 2.05) is 14.0 Å². The van der Waals surface area contributed by atoms with Crippen molar-refractivity contribution in [1.82, 2.24) is 9.62 Å². The SMILES string of the molecule is CNC1CCN(S(=O)(=O)c2ccc(F)cc2C)CC1C. The van der Waals surface area contributed by atoms with Crippen LogP contribution in [0.2, 0.25) is 0 Å². The van der Waals surface area contributed by atoms with Crippen molar-refractivity contribution in [1.29, 1.82) is 0 Å². The lowest BCUT2D eigenvalue weighted by atomic mass is 9.96. The number of piperidine rings is 1. The topological polar surface area (TPSA) is 49.4 Å². The molecule has 0 aromatic heterocycles. The Balaban J connectivity index is 2.27. The first-order valence-corrected chi connectivity index (χ1v) is 8.24. The van der Waals surface area contributed by atoms with Crippen LogP contribution in [0.1, 0.15) is 18.9 Å². The van der Waals surface area contributed by atoms with E-state index in [4.69, 9.17) is 0 Å². The predicted octanol–water partition coefficient (Wildman–Crippen LogP) is 1.75. The summed E-state index contributed by atoms with van der Waals surface area (Å²) in [4.78, 5) is 0.203. The molecule has 0 spiro atoms. The molecule has 4 nitrogen and oxygen atoms in total. The Morgan fingerprint density at radius 1 is 1.40 bits per heavy atom. The van der Waals surface area contributed by atoms with Crippen molar-refractivity contribution >= 4 is 10.0 Å². The molecule has 1 fully saturated rings. The summed E-state index contributed by atoms with van der Waals surface area (Å²) in [6, 6.07) is 4.16. The highest BCUT2D eigenvalue weighted by Gasteiger charge is 2.33. The minimum Gasteiger partial charge on any atom is -0.317 e. The zero-order valence-electron chi connectivity index (χ0n) is 12.1. The lowest BCUT2D eigenvalue weighted by Gasteiger charge is -2.36. The molecular weight excluding hydrogens is 279 g/mol. The Morgan fingerprint density at radius 2 is 2.10 bits per heavy atom. The maximum Gasteiger partial charge on any atom is 0.243 e. The van der Waals surface area contributed by atoms with E-state index in [2.05, 4.69) is 5.32 Å². The van der Waals surface area contributed by atoms with E-state index in [9.17, 15) is 12.8 Å². The van der Waals surface area contributed by atoms with Gasteiger partial charge in [0.1, 0.15) is 5.82 Å². The molecule has 0 aliphatic carbocycles. The summed E-state index contributed by atoms with van der Waals surface area (Å²) in [5.41, 5.74) is 0.452. The number of nitrogens with one attached hydrogen (secondary N) is 1. The number of benzene rings is 1. The monoisotopic (exact) mass is 300 g/mol. The first-order chi connectivity index (χ1) is 9.36. The molecular formula is C14H21FN2O2S. The van der Waals surface area contributed by atoms with Gasteiger partial charge in [-0.1, -0.05) is 6.92 Å². The zero-order chi connectivity index (χ0) is 14.9. The van der Waals surface area contributed by atoms with E-state index in [1.165, 1.54) is 22.5 Å². The Kier molecular flexibility index (Phi) is 4.46. The van der Waals surface area contributed by atoms with Crippen LogP contribution in [-0.2, 0) is 10.0 Å². The summed E-state index contributed by atoms with van der Waals surface area (Å²) in [6.07, 6.45) is 0.789. The smallest absolute Gasteiger partial charge is 0.243 e. The Labute approximate surface area is 120 Å². The van der Waals surface area contributed by atoms with E-state index in [0.29, 0.717) is 24.7 Å². The molecule has 0 amide bonds. The molecule has 0 bridgehead atoms. The largest absolute Gasteiger partial charge is 0.317 e. The van der Waals surface area contributed by atoms with Crippen molar-refractivity contribution < 1.29 is 12.8 Å². The van der Waals surface area contributed by atoms with Gasteiger partial charge in [-0.2, -0.15) is 4.31 Å². The van der Waals surface area contributed by atoms with E-state index in [-0.39, 0.29) is 10.8 Å². The van der Waals surface area contributed by atoms with Crippen LogP contribution in [0.5, 0.6) is 0 Å². The van der Waals surface area contributed by atoms with Gasteiger partial charge in [0.15, 0.2) is 0 Å². The zero-order valence-corrected chi connectivity index (χ0v) is 12.9. The van der Waals surface area contributed by atoms with E-state index in [1.54, 1.807) is 6.92 Å². The normalized spacial score (nSPS) is 24.8. The van der Waals surface area contributed by atoms with Gasteiger partial charge in [-0.3, -0.25) is 0 Å². The van der Waals surface area contributed by atoms with Crippen molar-refractivity contribution in [3.63, 3.8) is 0 Å². The van der Waals surface area contributed by atoms with Crippen molar-refractivity contribution in [2.24, 2.45) is 5.92 Å². The number of rotatable bonds is 3. The summed E-state index contributed by atoms with van der Waals surface area (Å²) in [5.74, 6) is -0.159. The second-order valence-corrected chi connectivity index (χ2v) is 7.34. The molecule has 1 aromatic carbocycles. The third-order valence-electron chi connectivity index (χ3n) is 3.99. The van der Waals surface area contributed by atoms with Crippen LogP contribution in [0.25, 0.3) is 0 Å². The molecule has 6 heteroatoms. The summed E-state index contributed by atoms with van der Waals surface area (Å²) < 4.78 is 39.9. The molecule has 20 heavy (non-hydrogen) atoms. The molecule has 1 aromatic rings. The first-order valence-electron chi connectivity index (χ1n) is 6.80. The number of halogens is 1. The van der Waals surface area contributed by atoms with Crippen molar-refractivity contribution in [3.05, 3.63) is 29.6 Å². The molecule has 1 aliphatic heterocycles. The van der Waals surface area contributed by atoms with Gasteiger partial charge in [-0.05, 0) is 50.1 Å². The third-order valence-corrected chi connectivity index (χ3v) is 6.02. The van der Waals surface area contributed by atoms with Crippen LogP contribution in [0, 0.1) is 18.7 Å². The average Bonchev–Trinajstić information content (AvgIpc) is 2.38. The van der Waals surface area contributed by atoms with Gasteiger partial charge in [-0.15, -0.1) is 0 Å². The van der Waals surface area contributed by atoms with Crippen LogP contribution >= 0.6 is 0 Å². The Bertz CT molecular complexity index is 589. The van der Waals surface area contributed by atoms with E-state index in [0.717, 1.165) is 6.42 Å². The highest BCUT2D eigenvalue weighted by molar-refractivity contribution is 7.89. The molecule has 112 valence electrons. The van der Waals surface area contributed by atoms with Crippen molar-refractivity contribution in [3.8, 4) is 0 Å². The molecule has 1 saturated heterocycles. The van der Waals surface area contributed by atoms with Gasteiger partial charge in [0.05, 0.1) is 4.90 Å². The fourth-order valence-corrected chi connectivity index (χ4v) is 4.56. The standard InChI is InChI=1S/C14H21FN2O2S/c1-10-8-12(15)4-5-14(10)20(18,19)17-7-6-13(16-3)11(2)9-17/h4-5,8,11,13,16H,6-7,9H2,1-3H3. The van der Waals surface area contributed by atoms with Gasteiger partial charge < -0.3 is 5.32 Å². The maximum atomic E-state index is 13.1. The number of hydrogen-bond donors (Lipinski definition) is 1. The fraction of sp³-hybridized carbons (Fsp3) is 0.571. The average molecular weight is 300 g/mol. The molecule has 2 unspecified atom stereocenters. The van der Waals surface area contributed by atoms with E-state index < -0.39 is 15.8 Å². The van der Waals surface area contributed by atoms with Gasteiger partial charge in [-0.25, -0.2) is 12.8 Å². The summed E-state index contributed by atoms with van der Waals surface area (Å²) in [6.45, 7) is 4.65. The summed E-state index contributed by atoms with van der Waals surface area (Å²) in [7, 11) is -1.64. The molecule has 1 N–H and O–H groups in total. The highest BCUT2D eigenvalue weighted by Crippen LogP contribution is 2.26. The maximum absolute atomic E-state index is 13.1. The number of sulfonamides is 1. The molecule has 1 aliphatic rings. The first kappa shape index (κ1) is 15.4. The molecule has 0 radical (unpaired) electrons. The second-order valence-electron chi connectivity index (χ2n) is 5.43. The predicted molar refractivity (Wildman–Crippen MR) is 76.5 cm³/mol. The Morgan fingerprint density at radius 3 is 2.65 bits per heavy atom. The van der Waals surface area contributed by atoms with Crippen LogP contribution < -0.4 is 5.32 Å². The van der Waals surface area contributed by atoms with Gasteiger partial charge >= 0.3 is 0 Å². The van der Waals surface area contributed by atoms with Crippen LogP contribution in [0.3, 0.4) is 0 Å². The molecule has 1 heterocycles. The van der Waals surface area contributed by atoms with Crippen LogP contribution in [0.15, 0.2) is 23.1 Å². The summed E-state index contributed by atoms with van der Waals surface area (Å²) in [5, 5.41) is 3.21. The number of nitrogens with zero attached hydrogens (tertiary/aromatic N) is 1. The third kappa shape index (κ3) is 2.87. The Hall–Kier alpha value is -0.980. The minimum absolute atomic E-state index is 0.203. The molecule has 2 rings (SSSR count). The fourth-order valence-electron chi connectivity index (χ4n) is 2.80. The van der Waals surface area contributed by atoms with Gasteiger partial charge in [0.25, 0.3) is 0 Å².